The first-order valence-electron chi connectivity index (χ1n) is 7.78. The van der Waals surface area contributed by atoms with Crippen LogP contribution in [0.15, 0.2) is 29.2 Å². The molecule has 1 saturated carbocycles. The summed E-state index contributed by atoms with van der Waals surface area (Å²) in [6.45, 7) is 3.68. The third-order valence-electron chi connectivity index (χ3n) is 4.87. The van der Waals surface area contributed by atoms with Crippen LogP contribution in [0.4, 0.5) is 0 Å². The Bertz CT molecular complexity index is 508. The molecule has 114 valence electrons. The average Bonchev–Trinajstić information content (AvgIpc) is 3.07. The van der Waals surface area contributed by atoms with Crippen molar-refractivity contribution in [3.63, 3.8) is 0 Å². The van der Waals surface area contributed by atoms with Crippen LogP contribution in [-0.4, -0.2) is 30.2 Å². The van der Waals surface area contributed by atoms with Crippen LogP contribution in [0.25, 0.3) is 0 Å². The first-order valence-corrected chi connectivity index (χ1v) is 9.01. The maximum absolute atomic E-state index is 12.3. The Kier molecular flexibility index (Phi) is 4.27. The van der Waals surface area contributed by atoms with Gasteiger partial charge in [-0.3, -0.25) is 10.1 Å². The van der Waals surface area contributed by atoms with Crippen LogP contribution in [0.5, 0.6) is 0 Å². The maximum atomic E-state index is 12.3. The predicted octanol–water partition coefficient (Wildman–Crippen LogP) is 3.42. The van der Waals surface area contributed by atoms with Gasteiger partial charge in [0.2, 0.25) is 5.91 Å². The van der Waals surface area contributed by atoms with Gasteiger partial charge in [0, 0.05) is 11.4 Å². The van der Waals surface area contributed by atoms with Crippen molar-refractivity contribution in [2.45, 2.75) is 43.7 Å². The summed E-state index contributed by atoms with van der Waals surface area (Å²) < 4.78 is 0. The van der Waals surface area contributed by atoms with Gasteiger partial charge < -0.3 is 4.90 Å². The molecule has 1 N–H and O–H groups in total. The van der Waals surface area contributed by atoms with Gasteiger partial charge in [0.15, 0.2) is 0 Å². The van der Waals surface area contributed by atoms with E-state index >= 15 is 0 Å². The molecule has 1 unspecified atom stereocenters. The first kappa shape index (κ1) is 14.9. The average molecular weight is 304 g/mol. The van der Waals surface area contributed by atoms with E-state index in [0.29, 0.717) is 12.0 Å². The fraction of sp³-hybridized carbons (Fsp3) is 0.588. The van der Waals surface area contributed by atoms with E-state index in [2.05, 4.69) is 47.7 Å². The number of carbonyl (C=O) groups is 1. The molecule has 0 radical (unpaired) electrons. The minimum Gasteiger partial charge on any atom is -0.321 e. The van der Waals surface area contributed by atoms with Crippen molar-refractivity contribution in [1.29, 1.82) is 0 Å². The summed E-state index contributed by atoms with van der Waals surface area (Å²) in [6.07, 6.45) is 7.23. The van der Waals surface area contributed by atoms with E-state index in [0.717, 1.165) is 6.54 Å². The normalized spacial score (nSPS) is 24.8. The van der Waals surface area contributed by atoms with E-state index in [1.807, 2.05) is 0 Å². The lowest BCUT2D eigenvalue weighted by atomic mass is 9.88. The molecule has 3 nitrogen and oxygen atoms in total. The summed E-state index contributed by atoms with van der Waals surface area (Å²) in [5.41, 5.74) is 1.50. The summed E-state index contributed by atoms with van der Waals surface area (Å²) in [6, 6.07) is 8.57. The van der Waals surface area contributed by atoms with Gasteiger partial charge in [-0.1, -0.05) is 31.9 Å². The predicted molar refractivity (Wildman–Crippen MR) is 87.3 cm³/mol. The van der Waals surface area contributed by atoms with Crippen molar-refractivity contribution in [3.05, 3.63) is 29.8 Å². The standard InChI is InChI=1S/C17H24N2OS/c1-17(9-3-4-10-17)12-19-15(20)11-18-16(19)13-5-7-14(21-2)8-6-13/h5-8,16,18H,3-4,9-12H2,1-2H3. The van der Waals surface area contributed by atoms with Gasteiger partial charge in [-0.2, -0.15) is 0 Å². The van der Waals surface area contributed by atoms with Crippen molar-refractivity contribution in [2.24, 2.45) is 5.41 Å². The number of nitrogens with one attached hydrogen (secondary N) is 1. The molecule has 1 atom stereocenters. The smallest absolute Gasteiger partial charge is 0.238 e. The Morgan fingerprint density at radius 3 is 2.57 bits per heavy atom. The molecular formula is C17H24N2OS. The number of carbonyl (C=O) groups excluding carboxylic acids is 1. The molecule has 0 aromatic heterocycles. The lowest BCUT2D eigenvalue weighted by Gasteiger charge is -2.33. The van der Waals surface area contributed by atoms with Gasteiger partial charge in [-0.05, 0) is 42.2 Å². The minimum absolute atomic E-state index is 0.0471. The Balaban J connectivity index is 1.78. The summed E-state index contributed by atoms with van der Waals surface area (Å²) in [5.74, 6) is 0.238. The van der Waals surface area contributed by atoms with Gasteiger partial charge in [-0.25, -0.2) is 0 Å². The molecule has 2 fully saturated rings. The number of hydrogen-bond donors (Lipinski definition) is 1. The van der Waals surface area contributed by atoms with Crippen LogP contribution in [-0.2, 0) is 4.79 Å². The van der Waals surface area contributed by atoms with E-state index in [1.54, 1.807) is 11.8 Å². The number of hydrogen-bond acceptors (Lipinski definition) is 3. The van der Waals surface area contributed by atoms with E-state index in [-0.39, 0.29) is 12.1 Å². The van der Waals surface area contributed by atoms with Crippen molar-refractivity contribution < 1.29 is 4.79 Å². The van der Waals surface area contributed by atoms with Gasteiger partial charge in [0.1, 0.15) is 6.17 Å². The van der Waals surface area contributed by atoms with E-state index in [1.165, 1.54) is 36.1 Å². The van der Waals surface area contributed by atoms with E-state index in [4.69, 9.17) is 0 Å². The maximum Gasteiger partial charge on any atom is 0.238 e. The molecule has 1 aliphatic carbocycles. The van der Waals surface area contributed by atoms with E-state index < -0.39 is 0 Å². The fourth-order valence-electron chi connectivity index (χ4n) is 3.60. The zero-order valence-electron chi connectivity index (χ0n) is 12.9. The van der Waals surface area contributed by atoms with Gasteiger partial charge in [0.25, 0.3) is 0 Å². The summed E-state index contributed by atoms with van der Waals surface area (Å²) >= 11 is 1.75. The van der Waals surface area contributed by atoms with Crippen molar-refractivity contribution in [1.82, 2.24) is 10.2 Å². The lowest BCUT2D eigenvalue weighted by Crippen LogP contribution is -2.38. The monoisotopic (exact) mass is 304 g/mol. The van der Waals surface area contributed by atoms with E-state index in [9.17, 15) is 4.79 Å². The third-order valence-corrected chi connectivity index (χ3v) is 5.62. The molecule has 21 heavy (non-hydrogen) atoms. The third kappa shape index (κ3) is 3.11. The van der Waals surface area contributed by atoms with Gasteiger partial charge in [0.05, 0.1) is 6.54 Å². The highest BCUT2D eigenvalue weighted by molar-refractivity contribution is 7.98. The van der Waals surface area contributed by atoms with Crippen LogP contribution in [0.3, 0.4) is 0 Å². The molecule has 1 aliphatic heterocycles. The van der Waals surface area contributed by atoms with Crippen LogP contribution in [0, 0.1) is 5.41 Å². The lowest BCUT2D eigenvalue weighted by molar-refractivity contribution is -0.129. The number of nitrogens with zero attached hydrogens (tertiary/aromatic N) is 1. The molecule has 2 aliphatic rings. The molecule has 1 heterocycles. The molecule has 1 amide bonds. The first-order chi connectivity index (χ1) is 10.1. The summed E-state index contributed by atoms with van der Waals surface area (Å²) in [4.78, 5) is 15.6. The zero-order valence-corrected chi connectivity index (χ0v) is 13.7. The minimum atomic E-state index is 0.0471. The number of benzene rings is 1. The van der Waals surface area contributed by atoms with Crippen LogP contribution in [0.1, 0.15) is 44.3 Å². The van der Waals surface area contributed by atoms with Crippen LogP contribution < -0.4 is 5.32 Å². The molecular weight excluding hydrogens is 280 g/mol. The molecule has 1 saturated heterocycles. The number of rotatable bonds is 4. The largest absolute Gasteiger partial charge is 0.321 e. The SMILES string of the molecule is CSc1ccc(C2NCC(=O)N2CC2(C)CCCC2)cc1. The fourth-order valence-corrected chi connectivity index (χ4v) is 4.01. The Morgan fingerprint density at radius 2 is 1.95 bits per heavy atom. The quantitative estimate of drug-likeness (QED) is 0.865. The van der Waals surface area contributed by atoms with Gasteiger partial charge in [-0.15, -0.1) is 11.8 Å². The topological polar surface area (TPSA) is 32.3 Å². The molecule has 3 rings (SSSR count). The second-order valence-electron chi connectivity index (χ2n) is 6.60. The number of amides is 1. The molecule has 1 aromatic rings. The highest BCUT2D eigenvalue weighted by Gasteiger charge is 2.38. The number of thioether (sulfide) groups is 1. The van der Waals surface area contributed by atoms with Crippen molar-refractivity contribution in [3.8, 4) is 0 Å². The van der Waals surface area contributed by atoms with Crippen LogP contribution in [0.2, 0.25) is 0 Å². The van der Waals surface area contributed by atoms with Crippen LogP contribution >= 0.6 is 11.8 Å². The Morgan fingerprint density at radius 1 is 1.29 bits per heavy atom. The Hall–Kier alpha value is -1.00. The van der Waals surface area contributed by atoms with Crippen molar-refractivity contribution in [2.75, 3.05) is 19.3 Å². The molecule has 4 heteroatoms. The summed E-state index contributed by atoms with van der Waals surface area (Å²) in [7, 11) is 0. The zero-order chi connectivity index (χ0) is 14.9. The van der Waals surface area contributed by atoms with Crippen molar-refractivity contribution >= 4 is 17.7 Å². The summed E-state index contributed by atoms with van der Waals surface area (Å²) in [5, 5.41) is 3.37. The molecule has 0 bridgehead atoms. The highest BCUT2D eigenvalue weighted by Crippen LogP contribution is 2.40. The van der Waals surface area contributed by atoms with Gasteiger partial charge >= 0.3 is 0 Å². The Labute approximate surface area is 131 Å². The molecule has 0 spiro atoms. The second kappa shape index (κ2) is 6.01. The highest BCUT2D eigenvalue weighted by atomic mass is 32.2. The molecule has 1 aromatic carbocycles. The second-order valence-corrected chi connectivity index (χ2v) is 7.48.